The molecule has 3 rings (SSSR count). The minimum Gasteiger partial charge on any atom is -0.423 e. The maximum atomic E-state index is 12.5. The molecule has 0 aliphatic heterocycles. The summed E-state index contributed by atoms with van der Waals surface area (Å²) in [6.45, 7) is 3.40. The van der Waals surface area contributed by atoms with Crippen molar-refractivity contribution in [1.29, 1.82) is 0 Å². The van der Waals surface area contributed by atoms with Crippen molar-refractivity contribution in [1.82, 2.24) is 9.97 Å². The van der Waals surface area contributed by atoms with Crippen LogP contribution in [0.5, 0.6) is 0 Å². The van der Waals surface area contributed by atoms with E-state index in [0.717, 1.165) is 0 Å². The molecule has 1 heterocycles. The average Bonchev–Trinajstić information content (AvgIpc) is 2.69. The van der Waals surface area contributed by atoms with Gasteiger partial charge in [0.1, 0.15) is 0 Å². The number of rotatable bonds is 7. The van der Waals surface area contributed by atoms with E-state index in [4.69, 9.17) is 23.2 Å². The number of nitrogens with zero attached hydrogens (tertiary/aromatic N) is 3. The molecule has 0 spiro atoms. The first-order valence-electron chi connectivity index (χ1n) is 8.97. The highest BCUT2D eigenvalue weighted by Crippen LogP contribution is 2.27. The third-order valence-electron chi connectivity index (χ3n) is 4.01. The maximum Gasteiger partial charge on any atom is 0.202 e. The molecule has 0 amide bonds. The first-order valence-corrected chi connectivity index (χ1v) is 11.2. The van der Waals surface area contributed by atoms with Crippen molar-refractivity contribution in [2.45, 2.75) is 18.7 Å². The van der Waals surface area contributed by atoms with Gasteiger partial charge in [-0.1, -0.05) is 23.2 Å². The van der Waals surface area contributed by atoms with E-state index in [-0.39, 0.29) is 16.5 Å². The molecule has 0 aliphatic carbocycles. The molecule has 1 aromatic heterocycles. The summed E-state index contributed by atoms with van der Waals surface area (Å²) in [7, 11) is -3.93. The number of ketones is 1. The first-order chi connectivity index (χ1) is 14.6. The van der Waals surface area contributed by atoms with Crippen molar-refractivity contribution < 1.29 is 13.2 Å². The first kappa shape index (κ1) is 22.7. The summed E-state index contributed by atoms with van der Waals surface area (Å²) in [5.74, 6) is 0.256. The van der Waals surface area contributed by atoms with Gasteiger partial charge in [0.2, 0.25) is 10.0 Å². The van der Waals surface area contributed by atoms with Crippen LogP contribution >= 0.6 is 23.2 Å². The van der Waals surface area contributed by atoms with Crippen LogP contribution in [0.3, 0.4) is 0 Å². The molecule has 0 saturated carbocycles. The topological polar surface area (TPSA) is 103 Å². The van der Waals surface area contributed by atoms with E-state index in [2.05, 4.69) is 20.0 Å². The highest BCUT2D eigenvalue weighted by Gasteiger charge is 2.10. The third-order valence-corrected chi connectivity index (χ3v) is 6.04. The van der Waals surface area contributed by atoms with Gasteiger partial charge in [-0.25, -0.2) is 8.42 Å². The van der Waals surface area contributed by atoms with E-state index >= 15 is 0 Å². The van der Waals surface area contributed by atoms with Crippen molar-refractivity contribution in [3.05, 3.63) is 92.7 Å². The SMILES string of the molecule is Cc1cc([N-]S(=O)(=O)c2ccc(N/C=C/C(=O)c3ccc(Cl)c(Cl)c3)cc2)nc(C)n1. The highest BCUT2D eigenvalue weighted by atomic mass is 35.5. The fourth-order valence-corrected chi connectivity index (χ4v) is 3.83. The summed E-state index contributed by atoms with van der Waals surface area (Å²) in [6.07, 6.45) is 2.78. The number of carbonyl (C=O) groups is 1. The van der Waals surface area contributed by atoms with E-state index in [9.17, 15) is 13.2 Å². The lowest BCUT2D eigenvalue weighted by molar-refractivity contribution is 0.104. The molecule has 7 nitrogen and oxygen atoms in total. The number of benzene rings is 2. The van der Waals surface area contributed by atoms with Gasteiger partial charge in [0.05, 0.1) is 14.9 Å². The zero-order valence-corrected chi connectivity index (χ0v) is 18.8. The lowest BCUT2D eigenvalue weighted by atomic mass is 10.1. The van der Waals surface area contributed by atoms with Crippen molar-refractivity contribution in [3.63, 3.8) is 0 Å². The van der Waals surface area contributed by atoms with E-state index in [1.165, 1.54) is 36.5 Å². The fourth-order valence-electron chi connectivity index (χ4n) is 2.60. The van der Waals surface area contributed by atoms with Crippen LogP contribution in [0.2, 0.25) is 10.0 Å². The van der Waals surface area contributed by atoms with Crippen LogP contribution in [0.4, 0.5) is 11.5 Å². The van der Waals surface area contributed by atoms with E-state index < -0.39 is 10.0 Å². The minimum absolute atomic E-state index is 0.0165. The Bertz CT molecular complexity index is 1240. The largest absolute Gasteiger partial charge is 0.423 e. The molecule has 0 saturated heterocycles. The number of hydrogen-bond donors (Lipinski definition) is 1. The molecule has 0 fully saturated rings. The molecular weight excluding hydrogens is 459 g/mol. The van der Waals surface area contributed by atoms with Crippen LogP contribution in [0.25, 0.3) is 4.72 Å². The number of sulfonamides is 1. The van der Waals surface area contributed by atoms with Crippen LogP contribution in [-0.2, 0) is 10.0 Å². The Balaban J connectivity index is 1.65. The Morgan fingerprint density at radius 3 is 2.35 bits per heavy atom. The molecule has 0 atom stereocenters. The van der Waals surface area contributed by atoms with E-state index in [1.54, 1.807) is 38.1 Å². The highest BCUT2D eigenvalue weighted by molar-refractivity contribution is 7.94. The number of allylic oxidation sites excluding steroid dienone is 1. The quantitative estimate of drug-likeness (QED) is 0.352. The van der Waals surface area contributed by atoms with Crippen molar-refractivity contribution in [2.24, 2.45) is 0 Å². The normalized spacial score (nSPS) is 11.5. The third kappa shape index (κ3) is 6.04. The van der Waals surface area contributed by atoms with Gasteiger partial charge < -0.3 is 15.0 Å². The molecule has 3 aromatic rings. The standard InChI is InChI=1S/C21H18Cl2N4O3S/c1-13-11-21(26-14(2)25-13)27-31(29,30)17-6-4-16(5-7-17)24-10-9-20(28)15-3-8-18(22)19(23)12-15/h3-12H,1-2H3,(H2,24,25,26,27,28)/p-1. The number of hydrogen-bond acceptors (Lipinski definition) is 6. The number of aryl methyl sites for hydroxylation is 2. The number of aromatic nitrogens is 2. The average molecular weight is 476 g/mol. The summed E-state index contributed by atoms with van der Waals surface area (Å²) in [4.78, 5) is 20.3. The van der Waals surface area contributed by atoms with Gasteiger partial charge in [-0.15, -0.1) is 0 Å². The summed E-state index contributed by atoms with van der Waals surface area (Å²) >= 11 is 11.8. The molecule has 1 N–H and O–H groups in total. The van der Waals surface area contributed by atoms with Gasteiger partial charge in [0.15, 0.2) is 5.78 Å². The molecule has 10 heteroatoms. The Hall–Kier alpha value is -2.94. The van der Waals surface area contributed by atoms with Crippen molar-refractivity contribution in [3.8, 4) is 0 Å². The van der Waals surface area contributed by atoms with Crippen LogP contribution in [0.1, 0.15) is 21.9 Å². The monoisotopic (exact) mass is 475 g/mol. The molecule has 0 aliphatic rings. The van der Waals surface area contributed by atoms with Crippen LogP contribution in [0, 0.1) is 13.8 Å². The molecular formula is C21H17Cl2N4O3S-. The van der Waals surface area contributed by atoms with Gasteiger partial charge in [0, 0.05) is 35.0 Å². The summed E-state index contributed by atoms with van der Waals surface area (Å²) in [5, 5.41) is 3.57. The molecule has 2 aromatic carbocycles. The van der Waals surface area contributed by atoms with Gasteiger partial charge in [-0.3, -0.25) is 9.78 Å². The smallest absolute Gasteiger partial charge is 0.202 e. The predicted octanol–water partition coefficient (Wildman–Crippen LogP) is 5.60. The molecule has 0 bridgehead atoms. The zero-order valence-electron chi connectivity index (χ0n) is 16.5. The second-order valence-corrected chi connectivity index (χ2v) is 8.89. The van der Waals surface area contributed by atoms with E-state index in [0.29, 0.717) is 32.8 Å². The zero-order chi connectivity index (χ0) is 22.6. The number of halogens is 2. The van der Waals surface area contributed by atoms with Gasteiger partial charge >= 0.3 is 0 Å². The Kier molecular flexibility index (Phi) is 6.94. The minimum atomic E-state index is -3.93. The predicted molar refractivity (Wildman–Crippen MR) is 122 cm³/mol. The summed E-state index contributed by atoms with van der Waals surface area (Å²) in [6, 6.07) is 12.1. The van der Waals surface area contributed by atoms with Crippen LogP contribution < -0.4 is 5.32 Å². The molecule has 0 radical (unpaired) electrons. The van der Waals surface area contributed by atoms with Crippen LogP contribution in [0.15, 0.2) is 65.7 Å². The molecule has 160 valence electrons. The Morgan fingerprint density at radius 2 is 1.71 bits per heavy atom. The van der Waals surface area contributed by atoms with Gasteiger partial charge in [-0.05, 0) is 68.2 Å². The van der Waals surface area contributed by atoms with Crippen molar-refractivity contribution in [2.75, 3.05) is 5.32 Å². The second kappa shape index (κ2) is 9.47. The lowest BCUT2D eigenvalue weighted by Gasteiger charge is -2.17. The Morgan fingerprint density at radius 1 is 1.00 bits per heavy atom. The van der Waals surface area contributed by atoms with Gasteiger partial charge in [-0.2, -0.15) is 0 Å². The maximum absolute atomic E-state index is 12.5. The summed E-state index contributed by atoms with van der Waals surface area (Å²) < 4.78 is 28.8. The second-order valence-electron chi connectivity index (χ2n) is 6.48. The van der Waals surface area contributed by atoms with E-state index in [1.807, 2.05) is 0 Å². The fraction of sp³-hybridized carbons (Fsp3) is 0.0952. The number of carbonyl (C=O) groups excluding carboxylic acids is 1. The Labute approximate surface area is 190 Å². The lowest BCUT2D eigenvalue weighted by Crippen LogP contribution is -2.00. The molecule has 31 heavy (non-hydrogen) atoms. The summed E-state index contributed by atoms with van der Waals surface area (Å²) in [5.41, 5.74) is 1.61. The number of anilines is 1. The number of nitrogens with one attached hydrogen (secondary N) is 1. The molecule has 0 unspecified atom stereocenters. The van der Waals surface area contributed by atoms with Gasteiger partial charge in [0.25, 0.3) is 0 Å². The van der Waals surface area contributed by atoms with Crippen LogP contribution in [-0.4, -0.2) is 24.2 Å². The van der Waals surface area contributed by atoms with Crippen molar-refractivity contribution >= 4 is 50.5 Å².